The van der Waals surface area contributed by atoms with Crippen LogP contribution >= 0.6 is 11.6 Å². The average molecular weight is 405 g/mol. The number of hydrogen-bond acceptors (Lipinski definition) is 2. The first-order chi connectivity index (χ1) is 14.0. The molecule has 29 heavy (non-hydrogen) atoms. The molecule has 4 rings (SSSR count). The van der Waals surface area contributed by atoms with Crippen LogP contribution in [0.4, 0.5) is 4.39 Å². The molecule has 3 aromatic carbocycles. The van der Waals surface area contributed by atoms with Crippen molar-refractivity contribution in [2.45, 2.75) is 13.5 Å². The van der Waals surface area contributed by atoms with E-state index in [2.05, 4.69) is 5.32 Å². The van der Waals surface area contributed by atoms with E-state index in [1.165, 1.54) is 12.1 Å². The summed E-state index contributed by atoms with van der Waals surface area (Å²) in [7, 11) is 0. The number of halogens is 2. The molecule has 0 saturated carbocycles. The third-order valence-corrected chi connectivity index (χ3v) is 5.10. The summed E-state index contributed by atoms with van der Waals surface area (Å²) in [6, 6.07) is 21.1. The number of nitrogens with zero attached hydrogens (tertiary/aromatic N) is 1. The number of hydrogen-bond donors (Lipinski definition) is 1. The topological polar surface area (TPSA) is 42.0 Å². The Labute approximate surface area is 173 Å². The second-order valence-corrected chi connectivity index (χ2v) is 7.23. The van der Waals surface area contributed by atoms with Crippen LogP contribution in [0.3, 0.4) is 0 Å². The van der Waals surface area contributed by atoms with Crippen LogP contribution < -0.4 is 5.32 Å². The quantitative estimate of drug-likeness (QED) is 0.458. The van der Waals surface area contributed by atoms with Gasteiger partial charge in [0.1, 0.15) is 5.82 Å². The molecule has 0 aliphatic rings. The molecule has 1 aromatic heterocycles. The van der Waals surface area contributed by atoms with Crippen molar-refractivity contribution >= 4 is 28.4 Å². The molecular weight excluding hydrogens is 387 g/mol. The van der Waals surface area contributed by atoms with Crippen LogP contribution in [0.5, 0.6) is 0 Å². The van der Waals surface area contributed by atoms with E-state index in [1.807, 2.05) is 55.5 Å². The molecule has 0 spiro atoms. The Balaban J connectivity index is 1.75. The van der Waals surface area contributed by atoms with Crippen molar-refractivity contribution in [1.29, 1.82) is 0 Å². The molecule has 0 radical (unpaired) electrons. The molecule has 0 aliphatic heterocycles. The summed E-state index contributed by atoms with van der Waals surface area (Å²) >= 11 is 6.02. The first-order valence-electron chi connectivity index (χ1n) is 9.21. The van der Waals surface area contributed by atoms with E-state index in [1.54, 1.807) is 12.1 Å². The van der Waals surface area contributed by atoms with E-state index in [0.717, 1.165) is 33.3 Å². The molecular formula is C24H18ClFN2O. The van der Waals surface area contributed by atoms with Gasteiger partial charge in [0.15, 0.2) is 0 Å². The molecule has 0 fully saturated rings. The van der Waals surface area contributed by atoms with Crippen LogP contribution in [0, 0.1) is 12.7 Å². The Morgan fingerprint density at radius 1 is 1.00 bits per heavy atom. The predicted molar refractivity (Wildman–Crippen MR) is 114 cm³/mol. The van der Waals surface area contributed by atoms with Gasteiger partial charge >= 0.3 is 0 Å². The number of rotatable bonds is 4. The SMILES string of the molecule is Cc1c(-c2ccc(Cl)cc2)nc2ccccc2c1C(=O)NCc1ccc(F)cc1. The number of amides is 1. The van der Waals surface area contributed by atoms with E-state index < -0.39 is 0 Å². The summed E-state index contributed by atoms with van der Waals surface area (Å²) in [4.78, 5) is 17.9. The van der Waals surface area contributed by atoms with Crippen molar-refractivity contribution in [3.8, 4) is 11.3 Å². The minimum Gasteiger partial charge on any atom is -0.348 e. The lowest BCUT2D eigenvalue weighted by molar-refractivity contribution is 0.0952. The van der Waals surface area contributed by atoms with Crippen LogP contribution in [0.25, 0.3) is 22.2 Å². The molecule has 1 amide bonds. The summed E-state index contributed by atoms with van der Waals surface area (Å²) in [5.41, 5.74) is 4.59. The van der Waals surface area contributed by atoms with E-state index in [9.17, 15) is 9.18 Å². The maximum atomic E-state index is 13.1. The lowest BCUT2D eigenvalue weighted by Crippen LogP contribution is -2.24. The molecule has 0 aliphatic carbocycles. The third-order valence-electron chi connectivity index (χ3n) is 4.85. The highest BCUT2D eigenvalue weighted by Crippen LogP contribution is 2.30. The number of aromatic nitrogens is 1. The zero-order chi connectivity index (χ0) is 20.4. The number of carbonyl (C=O) groups is 1. The van der Waals surface area contributed by atoms with Crippen LogP contribution in [0.1, 0.15) is 21.5 Å². The normalized spacial score (nSPS) is 10.9. The van der Waals surface area contributed by atoms with Gasteiger partial charge in [0.05, 0.1) is 16.8 Å². The Morgan fingerprint density at radius 2 is 1.69 bits per heavy atom. The number of pyridine rings is 1. The van der Waals surface area contributed by atoms with Gasteiger partial charge < -0.3 is 5.32 Å². The molecule has 0 atom stereocenters. The van der Waals surface area contributed by atoms with E-state index in [4.69, 9.17) is 16.6 Å². The van der Waals surface area contributed by atoms with Gasteiger partial charge in [0.25, 0.3) is 5.91 Å². The molecule has 1 N–H and O–H groups in total. The largest absolute Gasteiger partial charge is 0.348 e. The lowest BCUT2D eigenvalue weighted by Gasteiger charge is -2.15. The molecule has 0 saturated heterocycles. The smallest absolute Gasteiger partial charge is 0.252 e. The maximum absolute atomic E-state index is 13.1. The zero-order valence-corrected chi connectivity index (χ0v) is 16.5. The van der Waals surface area contributed by atoms with Crippen LogP contribution in [0.15, 0.2) is 72.8 Å². The minimum absolute atomic E-state index is 0.194. The summed E-state index contributed by atoms with van der Waals surface area (Å²) in [6.07, 6.45) is 0. The Kier molecular flexibility index (Phi) is 5.28. The fourth-order valence-electron chi connectivity index (χ4n) is 3.36. The number of benzene rings is 3. The van der Waals surface area contributed by atoms with Crippen molar-refractivity contribution in [3.05, 3.63) is 100 Å². The summed E-state index contributed by atoms with van der Waals surface area (Å²) < 4.78 is 13.1. The van der Waals surface area contributed by atoms with Gasteiger partial charge in [-0.25, -0.2) is 9.37 Å². The predicted octanol–water partition coefficient (Wildman–Crippen LogP) is 5.93. The fraction of sp³-hybridized carbons (Fsp3) is 0.0833. The van der Waals surface area contributed by atoms with Gasteiger partial charge in [0, 0.05) is 22.5 Å². The summed E-state index contributed by atoms with van der Waals surface area (Å²) in [5.74, 6) is -0.496. The molecule has 3 nitrogen and oxygen atoms in total. The molecule has 144 valence electrons. The second kappa shape index (κ2) is 8.02. The van der Waals surface area contributed by atoms with Crippen LogP contribution in [-0.2, 0) is 6.54 Å². The minimum atomic E-state index is -0.302. The van der Waals surface area contributed by atoms with Crippen molar-refractivity contribution < 1.29 is 9.18 Å². The van der Waals surface area contributed by atoms with E-state index in [-0.39, 0.29) is 11.7 Å². The highest BCUT2D eigenvalue weighted by molar-refractivity contribution is 6.30. The molecule has 4 aromatic rings. The van der Waals surface area contributed by atoms with Gasteiger partial charge in [0.2, 0.25) is 0 Å². The molecule has 5 heteroatoms. The molecule has 1 heterocycles. The van der Waals surface area contributed by atoms with Gasteiger partial charge in [-0.15, -0.1) is 0 Å². The number of carbonyl (C=O) groups excluding carboxylic acids is 1. The Hall–Kier alpha value is -3.24. The van der Waals surface area contributed by atoms with Crippen molar-refractivity contribution in [3.63, 3.8) is 0 Å². The summed E-state index contributed by atoms with van der Waals surface area (Å²) in [5, 5.41) is 4.38. The van der Waals surface area contributed by atoms with Gasteiger partial charge in [-0.05, 0) is 48.4 Å². The number of para-hydroxylation sites is 1. The van der Waals surface area contributed by atoms with Crippen LogP contribution in [0.2, 0.25) is 5.02 Å². The fourth-order valence-corrected chi connectivity index (χ4v) is 3.49. The number of fused-ring (bicyclic) bond motifs is 1. The Bertz CT molecular complexity index is 1190. The average Bonchev–Trinajstić information content (AvgIpc) is 2.73. The monoisotopic (exact) mass is 404 g/mol. The van der Waals surface area contributed by atoms with Crippen molar-refractivity contribution in [2.24, 2.45) is 0 Å². The van der Waals surface area contributed by atoms with E-state index in [0.29, 0.717) is 17.1 Å². The first kappa shape index (κ1) is 19.1. The standard InChI is InChI=1S/C24H18ClFN2O/c1-15-22(24(29)27-14-16-6-12-19(26)13-7-16)20-4-2-3-5-21(20)28-23(15)17-8-10-18(25)11-9-17/h2-13H,14H2,1H3,(H,27,29). The highest BCUT2D eigenvalue weighted by Gasteiger charge is 2.18. The van der Waals surface area contributed by atoms with Crippen molar-refractivity contribution in [2.75, 3.05) is 0 Å². The van der Waals surface area contributed by atoms with E-state index >= 15 is 0 Å². The first-order valence-corrected chi connectivity index (χ1v) is 9.58. The molecule has 0 unspecified atom stereocenters. The lowest BCUT2D eigenvalue weighted by atomic mass is 9.97. The van der Waals surface area contributed by atoms with Gasteiger partial charge in [-0.1, -0.05) is 54.1 Å². The van der Waals surface area contributed by atoms with Crippen molar-refractivity contribution in [1.82, 2.24) is 10.3 Å². The van der Waals surface area contributed by atoms with Crippen LogP contribution in [-0.4, -0.2) is 10.9 Å². The van der Waals surface area contributed by atoms with Gasteiger partial charge in [-0.2, -0.15) is 0 Å². The zero-order valence-electron chi connectivity index (χ0n) is 15.7. The Morgan fingerprint density at radius 3 is 2.41 bits per heavy atom. The van der Waals surface area contributed by atoms with Gasteiger partial charge in [-0.3, -0.25) is 4.79 Å². The highest BCUT2D eigenvalue weighted by atomic mass is 35.5. The third kappa shape index (κ3) is 3.98. The number of nitrogens with one attached hydrogen (secondary N) is 1. The maximum Gasteiger partial charge on any atom is 0.252 e. The second-order valence-electron chi connectivity index (χ2n) is 6.79. The molecule has 0 bridgehead atoms. The summed E-state index contributed by atoms with van der Waals surface area (Å²) in [6.45, 7) is 2.21.